The van der Waals surface area contributed by atoms with Crippen LogP contribution in [0.25, 0.3) is 0 Å². The third kappa shape index (κ3) is 1.72. The van der Waals surface area contributed by atoms with E-state index in [1.165, 1.54) is 0 Å². The van der Waals surface area contributed by atoms with Crippen molar-refractivity contribution >= 4 is 11.8 Å². The van der Waals surface area contributed by atoms with Crippen molar-refractivity contribution in [3.8, 4) is 0 Å². The van der Waals surface area contributed by atoms with Crippen LogP contribution in [0, 0.1) is 0 Å². The third-order valence-electron chi connectivity index (χ3n) is 2.96. The van der Waals surface area contributed by atoms with Crippen molar-refractivity contribution in [2.24, 2.45) is 0 Å². The van der Waals surface area contributed by atoms with E-state index in [0.717, 1.165) is 6.20 Å². The molecule has 5 nitrogen and oxygen atoms in total. The second-order valence-corrected chi connectivity index (χ2v) is 4.11. The minimum absolute atomic E-state index is 0.0787. The van der Waals surface area contributed by atoms with Crippen molar-refractivity contribution in [3.05, 3.63) is 11.8 Å². The molecule has 2 N–H and O–H groups in total. The molecule has 1 aromatic rings. The molecule has 1 fully saturated rings. The summed E-state index contributed by atoms with van der Waals surface area (Å²) in [4.78, 5) is 11.4. The average Bonchev–Trinajstić information content (AvgIpc) is 2.98. The summed E-state index contributed by atoms with van der Waals surface area (Å²) in [6.07, 6.45) is -3.58. The molecule has 0 unspecified atom stereocenters. The van der Waals surface area contributed by atoms with E-state index in [2.05, 4.69) is 9.84 Å². The molecule has 0 saturated heterocycles. The second-order valence-electron chi connectivity index (χ2n) is 4.11. The van der Waals surface area contributed by atoms with Crippen LogP contribution in [0.1, 0.15) is 30.1 Å². The molecule has 1 aliphatic rings. The van der Waals surface area contributed by atoms with E-state index < -0.39 is 17.7 Å². The van der Waals surface area contributed by atoms with E-state index in [9.17, 15) is 18.0 Å². The standard InChI is InChI=1S/C10H12F3N3O2/c1-2-18-8(17)6-5-15-16(7(6)14)9(3-4-9)10(11,12)13/h5H,2-4,14H2,1H3. The molecule has 0 aliphatic heterocycles. The normalized spacial score (nSPS) is 17.6. The van der Waals surface area contributed by atoms with Crippen LogP contribution < -0.4 is 5.73 Å². The maximum Gasteiger partial charge on any atom is 0.413 e. The van der Waals surface area contributed by atoms with Crippen LogP contribution >= 0.6 is 0 Å². The van der Waals surface area contributed by atoms with Crippen LogP contribution in [0.15, 0.2) is 6.20 Å². The number of hydrogen-bond acceptors (Lipinski definition) is 4. The fourth-order valence-corrected chi connectivity index (χ4v) is 1.80. The van der Waals surface area contributed by atoms with Crippen LogP contribution in [-0.2, 0) is 10.3 Å². The Kier molecular flexibility index (Phi) is 2.75. The number of ether oxygens (including phenoxy) is 1. The van der Waals surface area contributed by atoms with E-state index >= 15 is 0 Å². The van der Waals surface area contributed by atoms with Gasteiger partial charge in [-0.25, -0.2) is 9.48 Å². The highest BCUT2D eigenvalue weighted by atomic mass is 19.4. The largest absolute Gasteiger partial charge is 0.462 e. The highest BCUT2D eigenvalue weighted by molar-refractivity contribution is 5.94. The number of rotatable bonds is 3. The monoisotopic (exact) mass is 263 g/mol. The van der Waals surface area contributed by atoms with E-state index in [1.54, 1.807) is 6.92 Å². The van der Waals surface area contributed by atoms with Crippen molar-refractivity contribution in [3.63, 3.8) is 0 Å². The van der Waals surface area contributed by atoms with Gasteiger partial charge in [-0.3, -0.25) is 0 Å². The number of anilines is 1. The molecular formula is C10H12F3N3O2. The molecule has 0 bridgehead atoms. The van der Waals surface area contributed by atoms with Gasteiger partial charge in [-0.15, -0.1) is 0 Å². The van der Waals surface area contributed by atoms with Gasteiger partial charge in [0.05, 0.1) is 12.8 Å². The summed E-state index contributed by atoms with van der Waals surface area (Å²) < 4.78 is 44.0. The molecule has 1 saturated carbocycles. The van der Waals surface area contributed by atoms with Gasteiger partial charge in [-0.2, -0.15) is 18.3 Å². The van der Waals surface area contributed by atoms with E-state index in [4.69, 9.17) is 5.73 Å². The first kappa shape index (κ1) is 12.7. The van der Waals surface area contributed by atoms with Gasteiger partial charge >= 0.3 is 12.1 Å². The first-order valence-corrected chi connectivity index (χ1v) is 5.41. The molecule has 1 aliphatic carbocycles. The zero-order valence-electron chi connectivity index (χ0n) is 9.62. The minimum Gasteiger partial charge on any atom is -0.462 e. The lowest BCUT2D eigenvalue weighted by Gasteiger charge is -2.20. The van der Waals surface area contributed by atoms with Gasteiger partial charge in [0.25, 0.3) is 0 Å². The lowest BCUT2D eigenvalue weighted by Crippen LogP contribution is -2.36. The van der Waals surface area contributed by atoms with Crippen LogP contribution in [0.2, 0.25) is 0 Å². The zero-order valence-corrected chi connectivity index (χ0v) is 9.62. The second kappa shape index (κ2) is 3.89. The Labute approximate surface area is 101 Å². The molecule has 2 rings (SSSR count). The van der Waals surface area contributed by atoms with Crippen molar-refractivity contribution in [1.29, 1.82) is 0 Å². The molecule has 0 atom stereocenters. The van der Waals surface area contributed by atoms with Crippen LogP contribution in [-0.4, -0.2) is 28.5 Å². The van der Waals surface area contributed by atoms with Crippen LogP contribution in [0.4, 0.5) is 19.0 Å². The lowest BCUT2D eigenvalue weighted by atomic mass is 10.2. The van der Waals surface area contributed by atoms with E-state index in [0.29, 0.717) is 4.68 Å². The number of nitrogen functional groups attached to an aromatic ring is 1. The SMILES string of the molecule is CCOC(=O)c1cnn(C2(C(F)(F)F)CC2)c1N. The maximum absolute atomic E-state index is 12.9. The minimum atomic E-state index is -4.43. The third-order valence-corrected chi connectivity index (χ3v) is 2.96. The van der Waals surface area contributed by atoms with Crippen molar-refractivity contribution in [2.75, 3.05) is 12.3 Å². The predicted molar refractivity (Wildman–Crippen MR) is 55.9 cm³/mol. The van der Waals surface area contributed by atoms with Gasteiger partial charge in [0, 0.05) is 0 Å². The molecule has 8 heteroatoms. The summed E-state index contributed by atoms with van der Waals surface area (Å²) >= 11 is 0. The fourth-order valence-electron chi connectivity index (χ4n) is 1.80. The Morgan fingerprint density at radius 3 is 2.67 bits per heavy atom. The number of esters is 1. The van der Waals surface area contributed by atoms with Gasteiger partial charge in [-0.05, 0) is 19.8 Å². The van der Waals surface area contributed by atoms with E-state index in [1.807, 2.05) is 0 Å². The Morgan fingerprint density at radius 1 is 1.61 bits per heavy atom. The lowest BCUT2D eigenvalue weighted by molar-refractivity contribution is -0.182. The molecule has 0 radical (unpaired) electrons. The van der Waals surface area contributed by atoms with Gasteiger partial charge in [0.2, 0.25) is 0 Å². The molecule has 100 valence electrons. The summed E-state index contributed by atoms with van der Waals surface area (Å²) in [5.41, 5.74) is 3.37. The van der Waals surface area contributed by atoms with Gasteiger partial charge in [-0.1, -0.05) is 0 Å². The number of aromatic nitrogens is 2. The highest BCUT2D eigenvalue weighted by Gasteiger charge is 2.66. The number of halogens is 3. The van der Waals surface area contributed by atoms with Crippen LogP contribution in [0.3, 0.4) is 0 Å². The van der Waals surface area contributed by atoms with Gasteiger partial charge in [0.15, 0.2) is 5.54 Å². The first-order valence-electron chi connectivity index (χ1n) is 5.41. The maximum atomic E-state index is 12.9. The Balaban J connectivity index is 2.35. The summed E-state index contributed by atoms with van der Waals surface area (Å²) in [6, 6.07) is 0. The Bertz CT molecular complexity index is 477. The Morgan fingerprint density at radius 2 is 2.22 bits per heavy atom. The van der Waals surface area contributed by atoms with Crippen LogP contribution in [0.5, 0.6) is 0 Å². The quantitative estimate of drug-likeness (QED) is 0.842. The average molecular weight is 263 g/mol. The molecule has 1 heterocycles. The number of alkyl halides is 3. The van der Waals surface area contributed by atoms with Crippen molar-refractivity contribution in [1.82, 2.24) is 9.78 Å². The van der Waals surface area contributed by atoms with Crippen molar-refractivity contribution in [2.45, 2.75) is 31.5 Å². The fraction of sp³-hybridized carbons (Fsp3) is 0.600. The summed E-state index contributed by atoms with van der Waals surface area (Å²) in [6.45, 7) is 1.71. The van der Waals surface area contributed by atoms with E-state index in [-0.39, 0.29) is 30.8 Å². The number of nitrogens with two attached hydrogens (primary N) is 1. The summed E-state index contributed by atoms with van der Waals surface area (Å²) in [5, 5.41) is 3.59. The topological polar surface area (TPSA) is 70.1 Å². The smallest absolute Gasteiger partial charge is 0.413 e. The summed E-state index contributed by atoms with van der Waals surface area (Å²) in [5.74, 6) is -1.07. The molecule has 0 amide bonds. The number of carbonyl (C=O) groups is 1. The molecule has 18 heavy (non-hydrogen) atoms. The first-order chi connectivity index (χ1) is 8.33. The molecule has 0 aromatic carbocycles. The number of carbonyl (C=O) groups excluding carboxylic acids is 1. The Hall–Kier alpha value is -1.73. The zero-order chi connectivity index (χ0) is 13.6. The molecule has 1 aromatic heterocycles. The van der Waals surface area contributed by atoms with Gasteiger partial charge in [0.1, 0.15) is 11.4 Å². The number of nitrogens with zero attached hydrogens (tertiary/aromatic N) is 2. The highest BCUT2D eigenvalue weighted by Crippen LogP contribution is 2.56. The van der Waals surface area contributed by atoms with Gasteiger partial charge < -0.3 is 10.5 Å². The molecular weight excluding hydrogens is 251 g/mol. The predicted octanol–water partition coefficient (Wildman–Crippen LogP) is 1.69. The van der Waals surface area contributed by atoms with Crippen molar-refractivity contribution < 1.29 is 22.7 Å². The number of hydrogen-bond donors (Lipinski definition) is 1. The molecule has 0 spiro atoms. The summed E-state index contributed by atoms with van der Waals surface area (Å²) in [7, 11) is 0.